The Kier molecular flexibility index (Phi) is 8.27. The van der Waals surface area contributed by atoms with Crippen LogP contribution < -0.4 is 7.16 Å². The van der Waals surface area contributed by atoms with E-state index in [4.69, 9.17) is 0 Å². The van der Waals surface area contributed by atoms with Crippen molar-refractivity contribution in [1.82, 2.24) is 0 Å². The zero-order valence-corrected chi connectivity index (χ0v) is 25.1. The van der Waals surface area contributed by atoms with Gasteiger partial charge in [-0.05, 0) is 0 Å². The molecule has 0 amide bonds. The Morgan fingerprint density at radius 2 is 0.769 bits per heavy atom. The number of hydrogen-bond acceptors (Lipinski definition) is 0. The van der Waals surface area contributed by atoms with Gasteiger partial charge in [0.15, 0.2) is 0 Å². The molecule has 7 heteroatoms. The molecule has 0 bridgehead atoms. The van der Waals surface area contributed by atoms with Crippen molar-refractivity contribution in [3.63, 3.8) is 0 Å². The third kappa shape index (κ3) is 5.91. The van der Waals surface area contributed by atoms with Crippen LogP contribution in [-0.2, 0) is 10.8 Å². The van der Waals surface area contributed by atoms with Crippen LogP contribution in [0.15, 0.2) is 84.9 Å². The number of halogens is 6. The van der Waals surface area contributed by atoms with E-state index < -0.39 is 64.1 Å². The number of rotatable bonds is 8. The molecule has 0 nitrogen and oxygen atoms in total. The van der Waals surface area contributed by atoms with Gasteiger partial charge in [-0.1, -0.05) is 0 Å². The van der Waals surface area contributed by atoms with Crippen molar-refractivity contribution in [3.05, 3.63) is 131 Å². The Hall–Kier alpha value is -2.74. The van der Waals surface area contributed by atoms with Gasteiger partial charge < -0.3 is 0 Å². The first-order valence-corrected chi connectivity index (χ1v) is 19.6. The summed E-state index contributed by atoms with van der Waals surface area (Å²) >= 11 is -5.07. The maximum atomic E-state index is 15.8. The molecule has 4 aromatic carbocycles. The van der Waals surface area contributed by atoms with E-state index in [0.29, 0.717) is 12.1 Å². The number of hydrogen-bond donors (Lipinski definition) is 0. The monoisotopic (exact) mass is 648 g/mol. The van der Waals surface area contributed by atoms with Crippen molar-refractivity contribution in [2.75, 3.05) is 0 Å². The van der Waals surface area contributed by atoms with Crippen molar-refractivity contribution in [2.45, 2.75) is 47.4 Å². The molecule has 0 spiro atoms. The minimum atomic E-state index is -5.07. The van der Waals surface area contributed by atoms with E-state index in [-0.39, 0.29) is 16.0 Å². The maximum absolute atomic E-state index is 15.8. The molecule has 0 aliphatic heterocycles. The van der Waals surface area contributed by atoms with Gasteiger partial charge in [0, 0.05) is 0 Å². The first-order valence-electron chi connectivity index (χ1n) is 12.7. The molecule has 0 aliphatic carbocycles. The molecule has 0 unspecified atom stereocenters. The van der Waals surface area contributed by atoms with Gasteiger partial charge in [-0.2, -0.15) is 0 Å². The average molecular weight is 647 g/mol. The molecule has 4 aromatic rings. The van der Waals surface area contributed by atoms with E-state index in [1.54, 1.807) is 0 Å². The van der Waals surface area contributed by atoms with Crippen LogP contribution in [0.3, 0.4) is 0 Å². The van der Waals surface area contributed by atoms with E-state index >= 15 is 8.78 Å². The fourth-order valence-electron chi connectivity index (χ4n) is 5.86. The Labute approximate surface area is 229 Å². The summed E-state index contributed by atoms with van der Waals surface area (Å²) in [7, 11) is 0. The van der Waals surface area contributed by atoms with Crippen LogP contribution in [0, 0.1) is 34.9 Å². The van der Waals surface area contributed by atoms with Crippen molar-refractivity contribution >= 4 is 25.5 Å². The Bertz CT molecular complexity index is 1350. The van der Waals surface area contributed by atoms with Crippen LogP contribution in [0.1, 0.15) is 38.8 Å². The van der Waals surface area contributed by atoms with Crippen LogP contribution in [0.2, 0.25) is 8.87 Å². The summed E-state index contributed by atoms with van der Waals surface area (Å²) in [5.74, 6) is -7.31. The van der Waals surface area contributed by atoms with Gasteiger partial charge in [-0.15, -0.1) is 0 Å². The minimum absolute atomic E-state index is 0.124. The van der Waals surface area contributed by atoms with Crippen molar-refractivity contribution < 1.29 is 26.3 Å². The summed E-state index contributed by atoms with van der Waals surface area (Å²) in [6, 6.07) is 21.2. The molecular weight excluding hydrogens is 617 g/mol. The summed E-state index contributed by atoms with van der Waals surface area (Å²) < 4.78 is 89.8. The second kappa shape index (κ2) is 11.0. The predicted octanol–water partition coefficient (Wildman–Crippen LogP) is 8.04. The topological polar surface area (TPSA) is 0 Å². The SMILES string of the molecule is CC(C)([CH2][Sn]([CH2]C(C)(C)c1ccccc1)([c]1cc(F)c(F)cc1F)[c]1cc(F)c(F)cc1F)c1ccccc1. The second-order valence-corrected chi connectivity index (χ2v) is 22.7. The Morgan fingerprint density at radius 1 is 0.462 bits per heavy atom. The van der Waals surface area contributed by atoms with E-state index in [2.05, 4.69) is 0 Å². The summed E-state index contributed by atoms with van der Waals surface area (Å²) in [5.41, 5.74) is 0.321. The first kappa shape index (κ1) is 29.2. The fourth-order valence-corrected chi connectivity index (χ4v) is 24.3. The molecule has 204 valence electrons. The van der Waals surface area contributed by atoms with Crippen molar-refractivity contribution in [3.8, 4) is 0 Å². The summed E-state index contributed by atoms with van der Waals surface area (Å²) in [4.78, 5) is 0. The molecule has 0 atom stereocenters. The summed E-state index contributed by atoms with van der Waals surface area (Å²) in [5, 5.41) is 0. The van der Waals surface area contributed by atoms with Gasteiger partial charge >= 0.3 is 230 Å². The van der Waals surface area contributed by atoms with Gasteiger partial charge in [0.2, 0.25) is 0 Å². The fraction of sp³-hybridized carbons (Fsp3) is 0.250. The van der Waals surface area contributed by atoms with Crippen LogP contribution in [-0.4, -0.2) is 18.4 Å². The molecule has 0 aliphatic rings. The second-order valence-electron chi connectivity index (χ2n) is 11.4. The van der Waals surface area contributed by atoms with E-state index in [1.807, 2.05) is 88.4 Å². The molecule has 0 saturated carbocycles. The number of benzene rings is 4. The molecule has 0 heterocycles. The van der Waals surface area contributed by atoms with E-state index in [9.17, 15) is 17.6 Å². The Morgan fingerprint density at radius 3 is 1.10 bits per heavy atom. The van der Waals surface area contributed by atoms with Crippen LogP contribution in [0.5, 0.6) is 0 Å². The zero-order chi connectivity index (χ0) is 28.6. The van der Waals surface area contributed by atoms with Gasteiger partial charge in [0.05, 0.1) is 0 Å². The molecule has 4 rings (SSSR count). The summed E-state index contributed by atoms with van der Waals surface area (Å²) in [6.45, 7) is 7.66. The van der Waals surface area contributed by atoms with E-state index in [1.165, 1.54) is 0 Å². The van der Waals surface area contributed by atoms with Gasteiger partial charge in [0.25, 0.3) is 0 Å². The van der Waals surface area contributed by atoms with Crippen LogP contribution >= 0.6 is 0 Å². The quantitative estimate of drug-likeness (QED) is 0.103. The molecule has 0 saturated heterocycles. The summed E-state index contributed by atoms with van der Waals surface area (Å²) in [6.07, 6.45) is 0. The van der Waals surface area contributed by atoms with Crippen molar-refractivity contribution in [1.29, 1.82) is 0 Å². The van der Waals surface area contributed by atoms with Crippen molar-refractivity contribution in [2.24, 2.45) is 0 Å². The molecule has 39 heavy (non-hydrogen) atoms. The molecular formula is C32H30F6Sn. The average Bonchev–Trinajstić information content (AvgIpc) is 2.88. The third-order valence-electron chi connectivity index (χ3n) is 7.65. The Balaban J connectivity index is 2.10. The third-order valence-corrected chi connectivity index (χ3v) is 24.2. The van der Waals surface area contributed by atoms with E-state index in [0.717, 1.165) is 23.3 Å². The van der Waals surface area contributed by atoms with Gasteiger partial charge in [0.1, 0.15) is 0 Å². The van der Waals surface area contributed by atoms with Gasteiger partial charge in [-0.25, -0.2) is 0 Å². The molecule has 0 radical (unpaired) electrons. The molecule has 0 fully saturated rings. The van der Waals surface area contributed by atoms with Crippen LogP contribution in [0.25, 0.3) is 0 Å². The van der Waals surface area contributed by atoms with Gasteiger partial charge in [-0.3, -0.25) is 0 Å². The predicted molar refractivity (Wildman–Crippen MR) is 146 cm³/mol. The normalized spacial score (nSPS) is 12.6. The molecule has 0 N–H and O–H groups in total. The standard InChI is InChI=1S/2C10H13.2C6H2F3.Sn/c2*1-10(2,3)9-7-5-4-6-8-9;2*7-4-1-2-5(8)6(9)3-4;/h2*4-8H,1H2,2-3H3;2*2-3H;. The zero-order valence-electron chi connectivity index (χ0n) is 22.3. The first-order chi connectivity index (χ1) is 18.3. The molecule has 0 aromatic heterocycles. The van der Waals surface area contributed by atoms with Crippen LogP contribution in [0.4, 0.5) is 26.3 Å².